The Hall–Kier alpha value is -4.20. The highest BCUT2D eigenvalue weighted by Crippen LogP contribution is 2.33. The third-order valence-electron chi connectivity index (χ3n) is 5.57. The Bertz CT molecular complexity index is 1340. The lowest BCUT2D eigenvalue weighted by Gasteiger charge is -2.22. The van der Waals surface area contributed by atoms with E-state index >= 15 is 0 Å². The topological polar surface area (TPSA) is 89.5 Å². The Morgan fingerprint density at radius 1 is 1.06 bits per heavy atom. The van der Waals surface area contributed by atoms with Crippen LogP contribution in [0.15, 0.2) is 61.1 Å². The summed E-state index contributed by atoms with van der Waals surface area (Å²) >= 11 is 0. The number of carbonyl (C=O) groups is 1. The number of aryl methyl sites for hydroxylation is 2. The zero-order valence-corrected chi connectivity index (χ0v) is 20.6. The van der Waals surface area contributed by atoms with Crippen LogP contribution in [0.5, 0.6) is 17.2 Å². The van der Waals surface area contributed by atoms with Gasteiger partial charge in [-0.15, -0.1) is 0 Å². The average molecular weight is 472 g/mol. The van der Waals surface area contributed by atoms with Gasteiger partial charge in [-0.25, -0.2) is 9.97 Å². The first-order chi connectivity index (χ1) is 16.8. The normalized spacial score (nSPS) is 11.7. The average Bonchev–Trinajstić information content (AvgIpc) is 2.82. The molecular formula is C27H29N5O3. The second-order valence-corrected chi connectivity index (χ2v) is 8.54. The van der Waals surface area contributed by atoms with Gasteiger partial charge in [0.15, 0.2) is 0 Å². The summed E-state index contributed by atoms with van der Waals surface area (Å²) in [6, 6.07) is 15.4. The number of nitrogens with zero attached hydrogens (tertiary/aromatic N) is 4. The van der Waals surface area contributed by atoms with Crippen molar-refractivity contribution in [3.63, 3.8) is 0 Å². The van der Waals surface area contributed by atoms with Gasteiger partial charge in [-0.1, -0.05) is 6.07 Å². The lowest BCUT2D eigenvalue weighted by molar-refractivity contribution is -0.128. The molecule has 1 N–H and O–H groups in total. The maximum atomic E-state index is 11.6. The zero-order valence-electron chi connectivity index (χ0n) is 20.6. The third-order valence-corrected chi connectivity index (χ3v) is 5.57. The number of nitrogens with one attached hydrogen (secondary N) is 1. The van der Waals surface area contributed by atoms with Crippen LogP contribution >= 0.6 is 0 Å². The van der Waals surface area contributed by atoms with Crippen LogP contribution in [0.2, 0.25) is 0 Å². The summed E-state index contributed by atoms with van der Waals surface area (Å²) in [5.41, 5.74) is 3.52. The largest absolute Gasteiger partial charge is 0.488 e. The van der Waals surface area contributed by atoms with Crippen molar-refractivity contribution < 1.29 is 14.3 Å². The minimum atomic E-state index is -0.211. The highest BCUT2D eigenvalue weighted by molar-refractivity contribution is 5.95. The molecule has 0 aliphatic heterocycles. The van der Waals surface area contributed by atoms with Crippen LogP contribution < -0.4 is 14.8 Å². The predicted molar refractivity (Wildman–Crippen MR) is 136 cm³/mol. The Kier molecular flexibility index (Phi) is 7.10. The van der Waals surface area contributed by atoms with Gasteiger partial charge in [0.25, 0.3) is 0 Å². The van der Waals surface area contributed by atoms with Gasteiger partial charge in [-0.2, -0.15) is 0 Å². The summed E-state index contributed by atoms with van der Waals surface area (Å²) in [4.78, 5) is 26.4. The highest BCUT2D eigenvalue weighted by atomic mass is 16.5. The molecule has 2 aromatic heterocycles. The van der Waals surface area contributed by atoms with E-state index in [1.54, 1.807) is 18.1 Å². The number of ether oxygens (including phenoxy) is 2. The van der Waals surface area contributed by atoms with E-state index in [-0.39, 0.29) is 12.0 Å². The molecule has 0 bridgehead atoms. The van der Waals surface area contributed by atoms with Crippen molar-refractivity contribution >= 4 is 28.3 Å². The molecule has 4 aromatic rings. The molecule has 0 saturated carbocycles. The Morgan fingerprint density at radius 2 is 1.89 bits per heavy atom. The van der Waals surface area contributed by atoms with E-state index in [1.807, 2.05) is 69.3 Å². The highest BCUT2D eigenvalue weighted by Gasteiger charge is 2.15. The Morgan fingerprint density at radius 3 is 2.60 bits per heavy atom. The second kappa shape index (κ2) is 10.4. The molecular weight excluding hydrogens is 442 g/mol. The van der Waals surface area contributed by atoms with Crippen LogP contribution in [0.1, 0.15) is 25.1 Å². The van der Waals surface area contributed by atoms with Gasteiger partial charge in [0.2, 0.25) is 5.91 Å². The van der Waals surface area contributed by atoms with Crippen LogP contribution in [0.4, 0.5) is 11.5 Å². The van der Waals surface area contributed by atoms with Gasteiger partial charge in [0.1, 0.15) is 35.5 Å². The molecule has 0 unspecified atom stereocenters. The van der Waals surface area contributed by atoms with Crippen molar-refractivity contribution in [2.45, 2.75) is 33.8 Å². The minimum absolute atomic E-state index is 0.00880. The van der Waals surface area contributed by atoms with Crippen molar-refractivity contribution in [1.82, 2.24) is 19.9 Å². The number of aromatic nitrogens is 3. The van der Waals surface area contributed by atoms with Gasteiger partial charge < -0.3 is 19.7 Å². The number of hydrogen-bond acceptors (Lipinski definition) is 7. The summed E-state index contributed by atoms with van der Waals surface area (Å²) in [5, 5.41) is 4.17. The number of fused-ring (bicyclic) bond motifs is 1. The number of anilines is 2. The molecule has 0 aliphatic carbocycles. The number of pyridine rings is 1. The van der Waals surface area contributed by atoms with E-state index < -0.39 is 0 Å². The summed E-state index contributed by atoms with van der Waals surface area (Å²) in [6.07, 6.45) is 3.03. The standard InChI is InChI=1S/C27H29N5O3/c1-17-13-21(10-12-24(17)35-22-11-9-18(2)28-14-22)31-27-26-23(29-16-30-27)7-6-8-25(26)34-19(3)15-32(5)20(4)33/h6-14,16,19H,15H2,1-5H3,(H,29,30,31)/t19-/m1/s1. The molecule has 0 saturated heterocycles. The first-order valence-electron chi connectivity index (χ1n) is 11.4. The van der Waals surface area contributed by atoms with E-state index in [0.29, 0.717) is 23.9 Å². The number of benzene rings is 2. The molecule has 35 heavy (non-hydrogen) atoms. The summed E-state index contributed by atoms with van der Waals surface area (Å²) in [7, 11) is 1.76. The summed E-state index contributed by atoms with van der Waals surface area (Å²) in [6.45, 7) is 7.87. The quantitative estimate of drug-likeness (QED) is 0.367. The van der Waals surface area contributed by atoms with Gasteiger partial charge in [-0.05, 0) is 68.8 Å². The maximum absolute atomic E-state index is 11.6. The van der Waals surface area contributed by atoms with Crippen molar-refractivity contribution in [3.8, 4) is 17.2 Å². The first kappa shape index (κ1) is 23.9. The van der Waals surface area contributed by atoms with Crippen LogP contribution in [-0.2, 0) is 4.79 Å². The van der Waals surface area contributed by atoms with E-state index in [2.05, 4.69) is 20.3 Å². The van der Waals surface area contributed by atoms with Gasteiger partial charge in [-0.3, -0.25) is 9.78 Å². The molecule has 1 atom stereocenters. The van der Waals surface area contributed by atoms with Crippen molar-refractivity contribution in [2.24, 2.45) is 0 Å². The molecule has 1 amide bonds. The van der Waals surface area contributed by atoms with Gasteiger partial charge >= 0.3 is 0 Å². The van der Waals surface area contributed by atoms with Crippen LogP contribution in [0.25, 0.3) is 10.9 Å². The second-order valence-electron chi connectivity index (χ2n) is 8.54. The van der Waals surface area contributed by atoms with Crippen molar-refractivity contribution in [2.75, 3.05) is 18.9 Å². The Labute approximate surface area is 205 Å². The lowest BCUT2D eigenvalue weighted by Crippen LogP contribution is -2.34. The fourth-order valence-electron chi connectivity index (χ4n) is 3.66. The fraction of sp³-hybridized carbons (Fsp3) is 0.259. The molecule has 2 aromatic carbocycles. The Balaban J connectivity index is 1.57. The maximum Gasteiger partial charge on any atom is 0.219 e. The summed E-state index contributed by atoms with van der Waals surface area (Å²) in [5.74, 6) is 2.71. The van der Waals surface area contributed by atoms with Crippen molar-refractivity contribution in [1.29, 1.82) is 0 Å². The third kappa shape index (κ3) is 5.84. The number of rotatable bonds is 8. The van der Waals surface area contributed by atoms with E-state index in [1.165, 1.54) is 13.3 Å². The predicted octanol–water partition coefficient (Wildman–Crippen LogP) is 5.42. The molecule has 0 radical (unpaired) electrons. The molecule has 4 rings (SSSR count). The number of hydrogen-bond donors (Lipinski definition) is 1. The first-order valence-corrected chi connectivity index (χ1v) is 11.4. The van der Waals surface area contributed by atoms with E-state index in [0.717, 1.165) is 33.6 Å². The fourth-order valence-corrected chi connectivity index (χ4v) is 3.66. The minimum Gasteiger partial charge on any atom is -0.488 e. The van der Waals surface area contributed by atoms with Gasteiger partial charge in [0.05, 0.1) is 23.6 Å². The van der Waals surface area contributed by atoms with Crippen molar-refractivity contribution in [3.05, 3.63) is 72.3 Å². The monoisotopic (exact) mass is 471 g/mol. The molecule has 8 heteroatoms. The van der Waals surface area contributed by atoms with E-state index in [4.69, 9.17) is 9.47 Å². The van der Waals surface area contributed by atoms with Crippen LogP contribution in [-0.4, -0.2) is 45.5 Å². The smallest absolute Gasteiger partial charge is 0.219 e. The summed E-state index contributed by atoms with van der Waals surface area (Å²) < 4.78 is 12.2. The molecule has 2 heterocycles. The number of carbonyl (C=O) groups excluding carboxylic acids is 1. The molecule has 0 aliphatic rings. The SMILES string of the molecule is CC(=O)N(C)C[C@@H](C)Oc1cccc2ncnc(Nc3ccc(Oc4ccc(C)nc4)c(C)c3)c12. The zero-order chi connectivity index (χ0) is 24.9. The molecule has 0 fully saturated rings. The number of likely N-dealkylation sites (N-methyl/N-ethyl adjacent to an activating group) is 1. The molecule has 0 spiro atoms. The van der Waals surface area contributed by atoms with Crippen LogP contribution in [0.3, 0.4) is 0 Å². The van der Waals surface area contributed by atoms with Crippen LogP contribution in [0, 0.1) is 13.8 Å². The number of amides is 1. The lowest BCUT2D eigenvalue weighted by atomic mass is 10.1. The van der Waals surface area contributed by atoms with E-state index in [9.17, 15) is 4.79 Å². The molecule has 8 nitrogen and oxygen atoms in total. The molecule has 180 valence electrons. The van der Waals surface area contributed by atoms with Gasteiger partial charge in [0, 0.05) is 25.4 Å².